The van der Waals surface area contributed by atoms with E-state index in [1.807, 2.05) is 55.5 Å². The van der Waals surface area contributed by atoms with E-state index in [9.17, 15) is 4.79 Å². The number of carbonyl (C=O) groups is 1. The van der Waals surface area contributed by atoms with Crippen molar-refractivity contribution in [3.8, 4) is 0 Å². The Kier molecular flexibility index (Phi) is 2.88. The first-order valence-electron chi connectivity index (χ1n) is 6.37. The molecule has 0 bridgehead atoms. The number of anilines is 1. The van der Waals surface area contributed by atoms with Crippen LogP contribution in [0, 0.1) is 0 Å². The number of amides is 1. The van der Waals surface area contributed by atoms with E-state index in [1.165, 1.54) is 0 Å². The number of rotatable bonds is 2. The molecule has 0 fully saturated rings. The summed E-state index contributed by atoms with van der Waals surface area (Å²) in [6.45, 7) is 1.85. The average Bonchev–Trinajstić information content (AvgIpc) is 2.46. The Morgan fingerprint density at radius 2 is 1.53 bits per heavy atom. The van der Waals surface area contributed by atoms with Gasteiger partial charge in [-0.1, -0.05) is 43.3 Å². The largest absolute Gasteiger partial charge is 0.325 e. The molecule has 3 heteroatoms. The molecule has 0 spiro atoms. The van der Waals surface area contributed by atoms with Crippen LogP contribution >= 0.6 is 0 Å². The fourth-order valence-corrected chi connectivity index (χ4v) is 2.20. The van der Waals surface area contributed by atoms with Gasteiger partial charge in [0.1, 0.15) is 0 Å². The number of carbonyl (C=O) groups excluding carboxylic acids is 1. The van der Waals surface area contributed by atoms with Gasteiger partial charge in [-0.05, 0) is 12.1 Å². The summed E-state index contributed by atoms with van der Waals surface area (Å²) < 4.78 is 0. The van der Waals surface area contributed by atoms with Crippen LogP contribution in [-0.4, -0.2) is 10.9 Å². The van der Waals surface area contributed by atoms with Crippen molar-refractivity contribution in [3.05, 3.63) is 48.5 Å². The summed E-state index contributed by atoms with van der Waals surface area (Å²) in [5, 5.41) is 4.95. The monoisotopic (exact) mass is 250 g/mol. The number of aromatic nitrogens is 1. The SMILES string of the molecule is CCC(=O)Nc1c2ccccc2nc2ccccc12. The Morgan fingerprint density at radius 3 is 2.05 bits per heavy atom. The van der Waals surface area contributed by atoms with Crippen molar-refractivity contribution in [2.75, 3.05) is 5.32 Å². The summed E-state index contributed by atoms with van der Waals surface area (Å²) in [6.07, 6.45) is 0.463. The third kappa shape index (κ3) is 2.03. The van der Waals surface area contributed by atoms with Gasteiger partial charge in [-0.2, -0.15) is 0 Å². The molecule has 2 aromatic carbocycles. The number of para-hydroxylation sites is 2. The van der Waals surface area contributed by atoms with Crippen molar-refractivity contribution < 1.29 is 4.79 Å². The van der Waals surface area contributed by atoms with E-state index in [0.717, 1.165) is 27.5 Å². The molecule has 0 atom stereocenters. The summed E-state index contributed by atoms with van der Waals surface area (Å²) in [7, 11) is 0. The Morgan fingerprint density at radius 1 is 1.00 bits per heavy atom. The Balaban J connectivity index is 2.36. The lowest BCUT2D eigenvalue weighted by Gasteiger charge is -2.11. The maximum Gasteiger partial charge on any atom is 0.224 e. The number of benzene rings is 2. The molecule has 0 unspecified atom stereocenters. The van der Waals surface area contributed by atoms with Gasteiger partial charge < -0.3 is 5.32 Å². The van der Waals surface area contributed by atoms with E-state index in [2.05, 4.69) is 10.3 Å². The second kappa shape index (κ2) is 4.69. The van der Waals surface area contributed by atoms with Crippen LogP contribution in [0.1, 0.15) is 13.3 Å². The third-order valence-electron chi connectivity index (χ3n) is 3.17. The van der Waals surface area contributed by atoms with Crippen molar-refractivity contribution in [2.24, 2.45) is 0 Å². The predicted molar refractivity (Wildman–Crippen MR) is 78.2 cm³/mol. The zero-order valence-corrected chi connectivity index (χ0v) is 10.7. The highest BCUT2D eigenvalue weighted by molar-refractivity contribution is 6.12. The van der Waals surface area contributed by atoms with E-state index in [0.29, 0.717) is 6.42 Å². The third-order valence-corrected chi connectivity index (χ3v) is 3.17. The van der Waals surface area contributed by atoms with E-state index in [1.54, 1.807) is 0 Å². The lowest BCUT2D eigenvalue weighted by atomic mass is 10.1. The first-order valence-corrected chi connectivity index (χ1v) is 6.37. The number of nitrogens with one attached hydrogen (secondary N) is 1. The summed E-state index contributed by atoms with van der Waals surface area (Å²) in [6, 6.07) is 15.7. The molecule has 3 nitrogen and oxygen atoms in total. The molecule has 1 N–H and O–H groups in total. The van der Waals surface area contributed by atoms with Crippen LogP contribution < -0.4 is 5.32 Å². The van der Waals surface area contributed by atoms with Crippen LogP contribution in [-0.2, 0) is 4.79 Å². The highest BCUT2D eigenvalue weighted by atomic mass is 16.1. The van der Waals surface area contributed by atoms with Crippen LogP contribution in [0.2, 0.25) is 0 Å². The predicted octanol–water partition coefficient (Wildman–Crippen LogP) is 3.74. The van der Waals surface area contributed by atoms with Crippen molar-refractivity contribution in [3.63, 3.8) is 0 Å². The van der Waals surface area contributed by atoms with Gasteiger partial charge in [0.05, 0.1) is 16.7 Å². The average molecular weight is 250 g/mol. The first-order chi connectivity index (χ1) is 9.29. The first kappa shape index (κ1) is 11.7. The summed E-state index contributed by atoms with van der Waals surface area (Å²) >= 11 is 0. The number of hydrogen-bond acceptors (Lipinski definition) is 2. The molecular weight excluding hydrogens is 236 g/mol. The van der Waals surface area contributed by atoms with Crippen molar-refractivity contribution in [1.82, 2.24) is 4.98 Å². The van der Waals surface area contributed by atoms with E-state index >= 15 is 0 Å². The standard InChI is InChI=1S/C16H14N2O/c1-2-15(19)18-16-11-7-3-5-9-13(11)17-14-10-6-4-8-12(14)16/h3-10H,2H2,1H3,(H,17,18,19). The van der Waals surface area contributed by atoms with Gasteiger partial charge in [-0.15, -0.1) is 0 Å². The maximum atomic E-state index is 11.7. The second-order valence-electron chi connectivity index (χ2n) is 4.42. The van der Waals surface area contributed by atoms with Crippen LogP contribution in [0.5, 0.6) is 0 Å². The van der Waals surface area contributed by atoms with Gasteiger partial charge in [-0.25, -0.2) is 4.98 Å². The van der Waals surface area contributed by atoms with E-state index in [4.69, 9.17) is 0 Å². The van der Waals surface area contributed by atoms with Gasteiger partial charge in [-0.3, -0.25) is 4.79 Å². The van der Waals surface area contributed by atoms with Gasteiger partial charge in [0.25, 0.3) is 0 Å². The molecule has 1 heterocycles. The zero-order chi connectivity index (χ0) is 13.2. The lowest BCUT2D eigenvalue weighted by molar-refractivity contribution is -0.115. The summed E-state index contributed by atoms with van der Waals surface area (Å²) in [5.41, 5.74) is 2.65. The molecule has 0 saturated heterocycles. The van der Waals surface area contributed by atoms with Gasteiger partial charge in [0, 0.05) is 17.2 Å². The molecule has 0 saturated carbocycles. The molecule has 0 aliphatic carbocycles. The molecular formula is C16H14N2O. The van der Waals surface area contributed by atoms with E-state index < -0.39 is 0 Å². The molecule has 0 radical (unpaired) electrons. The van der Waals surface area contributed by atoms with Gasteiger partial charge in [0.2, 0.25) is 5.91 Å². The highest BCUT2D eigenvalue weighted by Gasteiger charge is 2.10. The second-order valence-corrected chi connectivity index (χ2v) is 4.42. The van der Waals surface area contributed by atoms with Crippen LogP contribution in [0.25, 0.3) is 21.8 Å². The quantitative estimate of drug-likeness (QED) is 0.704. The van der Waals surface area contributed by atoms with Crippen molar-refractivity contribution in [2.45, 2.75) is 13.3 Å². The molecule has 19 heavy (non-hydrogen) atoms. The van der Waals surface area contributed by atoms with Crippen LogP contribution in [0.3, 0.4) is 0 Å². The summed E-state index contributed by atoms with van der Waals surface area (Å²) in [5.74, 6) is 0.0153. The topological polar surface area (TPSA) is 42.0 Å². The molecule has 1 amide bonds. The highest BCUT2D eigenvalue weighted by Crippen LogP contribution is 2.30. The van der Waals surface area contributed by atoms with Crippen LogP contribution in [0.4, 0.5) is 5.69 Å². The van der Waals surface area contributed by atoms with Gasteiger partial charge in [0.15, 0.2) is 0 Å². The number of pyridine rings is 1. The minimum atomic E-state index is 0.0153. The minimum Gasteiger partial charge on any atom is -0.325 e. The molecule has 3 aromatic rings. The van der Waals surface area contributed by atoms with Crippen LogP contribution in [0.15, 0.2) is 48.5 Å². The molecule has 0 aliphatic rings. The minimum absolute atomic E-state index is 0.0153. The Labute approximate surface area is 111 Å². The van der Waals surface area contributed by atoms with Crippen molar-refractivity contribution >= 4 is 33.4 Å². The molecule has 0 aliphatic heterocycles. The van der Waals surface area contributed by atoms with E-state index in [-0.39, 0.29) is 5.91 Å². The maximum absolute atomic E-state index is 11.7. The molecule has 94 valence electrons. The molecule has 1 aromatic heterocycles. The molecule has 3 rings (SSSR count). The number of nitrogens with zero attached hydrogens (tertiary/aromatic N) is 1. The van der Waals surface area contributed by atoms with Gasteiger partial charge >= 0.3 is 0 Å². The number of fused-ring (bicyclic) bond motifs is 2. The zero-order valence-electron chi connectivity index (χ0n) is 10.7. The Hall–Kier alpha value is -2.42. The fraction of sp³-hybridized carbons (Fsp3) is 0.125. The fourth-order valence-electron chi connectivity index (χ4n) is 2.20. The summed E-state index contributed by atoms with van der Waals surface area (Å²) in [4.78, 5) is 16.4. The lowest BCUT2D eigenvalue weighted by Crippen LogP contribution is -2.10. The smallest absolute Gasteiger partial charge is 0.224 e. The number of hydrogen-bond donors (Lipinski definition) is 1. The normalized spacial score (nSPS) is 10.8. The Bertz CT molecular complexity index is 711. The van der Waals surface area contributed by atoms with Crippen molar-refractivity contribution in [1.29, 1.82) is 0 Å².